The number of hydrogen-bond acceptors (Lipinski definition) is 6. The van der Waals surface area contributed by atoms with E-state index in [2.05, 4.69) is 15.1 Å². The van der Waals surface area contributed by atoms with Gasteiger partial charge < -0.3 is 9.26 Å². The molecular formula is C12H13N3O3. The van der Waals surface area contributed by atoms with Gasteiger partial charge in [-0.15, -0.1) is 0 Å². The van der Waals surface area contributed by atoms with Crippen molar-refractivity contribution in [2.24, 2.45) is 0 Å². The van der Waals surface area contributed by atoms with Crippen LogP contribution in [0.1, 0.15) is 24.2 Å². The molecule has 94 valence electrons. The van der Waals surface area contributed by atoms with E-state index >= 15 is 0 Å². The van der Waals surface area contributed by atoms with E-state index in [9.17, 15) is 4.79 Å². The van der Waals surface area contributed by atoms with E-state index in [1.165, 1.54) is 6.92 Å². The van der Waals surface area contributed by atoms with Gasteiger partial charge in [-0.25, -0.2) is 4.98 Å². The first-order valence-electron chi connectivity index (χ1n) is 5.47. The van der Waals surface area contributed by atoms with Gasteiger partial charge in [0.15, 0.2) is 5.82 Å². The number of methoxy groups -OCH3 is 1. The summed E-state index contributed by atoms with van der Waals surface area (Å²) in [5, 5.41) is 3.81. The predicted octanol–water partition coefficient (Wildman–Crippen LogP) is 1.20. The number of carbonyl (C=O) groups is 1. The highest BCUT2D eigenvalue weighted by Crippen LogP contribution is 2.10. The van der Waals surface area contributed by atoms with Gasteiger partial charge in [0, 0.05) is 18.7 Å². The summed E-state index contributed by atoms with van der Waals surface area (Å²) in [6.45, 7) is 1.48. The van der Waals surface area contributed by atoms with E-state index < -0.39 is 0 Å². The van der Waals surface area contributed by atoms with E-state index in [4.69, 9.17) is 9.26 Å². The maximum absolute atomic E-state index is 10.9. The Kier molecular flexibility index (Phi) is 3.66. The summed E-state index contributed by atoms with van der Waals surface area (Å²) < 4.78 is 9.93. The molecule has 0 atom stereocenters. The van der Waals surface area contributed by atoms with E-state index in [0.717, 1.165) is 5.56 Å². The minimum atomic E-state index is -0.00341. The predicted molar refractivity (Wildman–Crippen MR) is 62.3 cm³/mol. The zero-order chi connectivity index (χ0) is 13.0. The van der Waals surface area contributed by atoms with Crippen LogP contribution in [0.3, 0.4) is 0 Å². The van der Waals surface area contributed by atoms with Crippen LogP contribution in [0.5, 0.6) is 5.88 Å². The Morgan fingerprint density at radius 3 is 2.89 bits per heavy atom. The summed E-state index contributed by atoms with van der Waals surface area (Å²) in [6.07, 6.45) is 2.38. The van der Waals surface area contributed by atoms with Crippen molar-refractivity contribution in [3.63, 3.8) is 0 Å². The summed E-state index contributed by atoms with van der Waals surface area (Å²) in [5.74, 6) is 1.44. The number of rotatable bonds is 5. The van der Waals surface area contributed by atoms with Crippen molar-refractivity contribution >= 4 is 5.78 Å². The van der Waals surface area contributed by atoms with E-state index in [1.54, 1.807) is 19.4 Å². The average Bonchev–Trinajstić information content (AvgIpc) is 2.76. The van der Waals surface area contributed by atoms with Crippen LogP contribution in [0.15, 0.2) is 22.9 Å². The van der Waals surface area contributed by atoms with Gasteiger partial charge in [-0.2, -0.15) is 4.98 Å². The number of nitrogens with zero attached hydrogens (tertiary/aromatic N) is 3. The molecular weight excluding hydrogens is 234 g/mol. The minimum Gasteiger partial charge on any atom is -0.481 e. The van der Waals surface area contributed by atoms with Crippen LogP contribution in [0, 0.1) is 0 Å². The van der Waals surface area contributed by atoms with Crippen molar-refractivity contribution in [1.82, 2.24) is 15.1 Å². The Labute approximate surface area is 104 Å². The van der Waals surface area contributed by atoms with Gasteiger partial charge in [-0.05, 0) is 12.5 Å². The van der Waals surface area contributed by atoms with Gasteiger partial charge in [-0.3, -0.25) is 4.79 Å². The largest absolute Gasteiger partial charge is 0.481 e. The summed E-state index contributed by atoms with van der Waals surface area (Å²) in [6, 6.07) is 3.65. The molecule has 0 saturated carbocycles. The van der Waals surface area contributed by atoms with Gasteiger partial charge >= 0.3 is 0 Å². The second-order valence-electron chi connectivity index (χ2n) is 3.87. The normalized spacial score (nSPS) is 10.3. The van der Waals surface area contributed by atoms with Gasteiger partial charge in [0.25, 0.3) is 0 Å². The van der Waals surface area contributed by atoms with Crippen molar-refractivity contribution in [1.29, 1.82) is 0 Å². The van der Waals surface area contributed by atoms with E-state index in [-0.39, 0.29) is 12.2 Å². The zero-order valence-corrected chi connectivity index (χ0v) is 10.2. The molecule has 0 saturated heterocycles. The monoisotopic (exact) mass is 247 g/mol. The zero-order valence-electron chi connectivity index (χ0n) is 10.2. The van der Waals surface area contributed by atoms with Crippen LogP contribution in [0.25, 0.3) is 0 Å². The molecule has 0 aliphatic rings. The van der Waals surface area contributed by atoms with Crippen molar-refractivity contribution in [3.8, 4) is 5.88 Å². The van der Waals surface area contributed by atoms with Crippen molar-refractivity contribution in [3.05, 3.63) is 35.6 Å². The highest BCUT2D eigenvalue weighted by molar-refractivity contribution is 5.77. The van der Waals surface area contributed by atoms with Crippen LogP contribution < -0.4 is 4.74 Å². The van der Waals surface area contributed by atoms with Crippen LogP contribution in [0.4, 0.5) is 0 Å². The molecule has 2 aromatic rings. The van der Waals surface area contributed by atoms with Crippen molar-refractivity contribution in [2.75, 3.05) is 7.11 Å². The van der Waals surface area contributed by atoms with Crippen LogP contribution in [0.2, 0.25) is 0 Å². The average molecular weight is 247 g/mol. The Balaban J connectivity index is 2.03. The lowest BCUT2D eigenvalue weighted by Crippen LogP contribution is -1.97. The number of aromatic nitrogens is 3. The SMILES string of the molecule is COc1ccc(Cc2noc(CC(C)=O)n2)cn1. The number of ether oxygens (including phenoxy) is 1. The fraction of sp³-hybridized carbons (Fsp3) is 0.333. The van der Waals surface area contributed by atoms with Crippen LogP contribution in [-0.4, -0.2) is 28.0 Å². The molecule has 0 fully saturated rings. The molecule has 0 spiro atoms. The second kappa shape index (κ2) is 5.39. The van der Waals surface area contributed by atoms with Gasteiger partial charge in [0.05, 0.1) is 13.5 Å². The van der Waals surface area contributed by atoms with Crippen LogP contribution in [-0.2, 0) is 17.6 Å². The maximum atomic E-state index is 10.9. The Bertz CT molecular complexity index is 534. The number of ketones is 1. The number of hydrogen-bond donors (Lipinski definition) is 0. The topological polar surface area (TPSA) is 78.1 Å². The molecule has 0 radical (unpaired) electrons. The third-order valence-corrected chi connectivity index (χ3v) is 2.28. The van der Waals surface area contributed by atoms with E-state index in [0.29, 0.717) is 24.0 Å². The van der Waals surface area contributed by atoms with Gasteiger partial charge in [-0.1, -0.05) is 11.2 Å². The smallest absolute Gasteiger partial charge is 0.234 e. The second-order valence-corrected chi connectivity index (χ2v) is 3.87. The molecule has 2 rings (SSSR count). The summed E-state index contributed by atoms with van der Waals surface area (Å²) in [4.78, 5) is 19.1. The molecule has 0 aliphatic carbocycles. The lowest BCUT2D eigenvalue weighted by Gasteiger charge is -1.99. The molecule has 0 N–H and O–H groups in total. The van der Waals surface area contributed by atoms with E-state index in [1.807, 2.05) is 6.07 Å². The summed E-state index contributed by atoms with van der Waals surface area (Å²) >= 11 is 0. The quantitative estimate of drug-likeness (QED) is 0.789. The number of pyridine rings is 1. The van der Waals surface area contributed by atoms with Crippen molar-refractivity contribution < 1.29 is 14.1 Å². The molecule has 2 heterocycles. The highest BCUT2D eigenvalue weighted by atomic mass is 16.5. The Hall–Kier alpha value is -2.24. The first-order valence-corrected chi connectivity index (χ1v) is 5.47. The number of carbonyl (C=O) groups excluding carboxylic acids is 1. The molecule has 18 heavy (non-hydrogen) atoms. The summed E-state index contributed by atoms with van der Waals surface area (Å²) in [5.41, 5.74) is 0.950. The Morgan fingerprint density at radius 2 is 2.28 bits per heavy atom. The number of Topliss-reactive ketones (excluding diaryl/α,β-unsaturated/α-hetero) is 1. The molecule has 0 aliphatic heterocycles. The van der Waals surface area contributed by atoms with Gasteiger partial charge in [0.2, 0.25) is 11.8 Å². The maximum Gasteiger partial charge on any atom is 0.234 e. The molecule has 0 bridgehead atoms. The lowest BCUT2D eigenvalue weighted by atomic mass is 10.2. The van der Waals surface area contributed by atoms with Gasteiger partial charge in [0.1, 0.15) is 5.78 Å². The van der Waals surface area contributed by atoms with Crippen LogP contribution >= 0.6 is 0 Å². The molecule has 6 heteroatoms. The Morgan fingerprint density at radius 1 is 1.44 bits per heavy atom. The van der Waals surface area contributed by atoms with Crippen molar-refractivity contribution in [2.45, 2.75) is 19.8 Å². The first kappa shape index (κ1) is 12.2. The molecule has 0 aromatic carbocycles. The highest BCUT2D eigenvalue weighted by Gasteiger charge is 2.09. The fourth-order valence-corrected chi connectivity index (χ4v) is 1.47. The first-order chi connectivity index (χ1) is 8.67. The fourth-order valence-electron chi connectivity index (χ4n) is 1.47. The molecule has 6 nitrogen and oxygen atoms in total. The minimum absolute atomic E-state index is 0.00341. The third-order valence-electron chi connectivity index (χ3n) is 2.28. The standard InChI is InChI=1S/C12H13N3O3/c1-8(16)5-12-14-10(15-18-12)6-9-3-4-11(17-2)13-7-9/h3-4,7H,5-6H2,1-2H3. The molecule has 2 aromatic heterocycles. The molecule has 0 amide bonds. The molecule has 0 unspecified atom stereocenters. The lowest BCUT2D eigenvalue weighted by molar-refractivity contribution is -0.116. The third kappa shape index (κ3) is 3.13. The summed E-state index contributed by atoms with van der Waals surface area (Å²) in [7, 11) is 1.56.